The molecule has 0 radical (unpaired) electrons. The SMILES string of the molecule is Fc1ccc(F)c(Oc2ccc(-c3c4cccc(C(F)(F)F)c4nn3Cc3ccccc3)cc2)c1. The molecular weight excluding hydrogens is 463 g/mol. The quantitative estimate of drug-likeness (QED) is 0.240. The number of hydrogen-bond donors (Lipinski definition) is 0. The molecule has 0 aliphatic rings. The molecule has 0 amide bonds. The predicted octanol–water partition coefficient (Wildman–Crippen LogP) is 7.84. The second-order valence-electron chi connectivity index (χ2n) is 7.89. The van der Waals surface area contributed by atoms with Crippen LogP contribution in [0.4, 0.5) is 22.0 Å². The maximum absolute atomic E-state index is 13.9. The standard InChI is InChI=1S/C27H17F5N2O/c28-19-11-14-23(29)24(15-19)35-20-12-9-18(10-13-20)26-21-7-4-8-22(27(30,31)32)25(21)33-34(26)16-17-5-2-1-3-6-17/h1-15H,16H2. The maximum Gasteiger partial charge on any atom is 0.418 e. The van der Waals surface area contributed by atoms with E-state index in [1.165, 1.54) is 10.7 Å². The molecule has 0 aliphatic heterocycles. The minimum absolute atomic E-state index is 0.145. The Labute approximate surface area is 197 Å². The summed E-state index contributed by atoms with van der Waals surface area (Å²) in [5.74, 6) is -1.39. The fourth-order valence-corrected chi connectivity index (χ4v) is 3.92. The molecule has 0 unspecified atom stereocenters. The molecule has 0 saturated heterocycles. The van der Waals surface area contributed by atoms with Gasteiger partial charge in [0, 0.05) is 17.0 Å². The smallest absolute Gasteiger partial charge is 0.418 e. The Hall–Kier alpha value is -4.20. The summed E-state index contributed by atoms with van der Waals surface area (Å²) in [6, 6.07) is 22.5. The van der Waals surface area contributed by atoms with E-state index in [0.717, 1.165) is 29.8 Å². The molecule has 8 heteroatoms. The van der Waals surface area contributed by atoms with Crippen molar-refractivity contribution in [3.05, 3.63) is 114 Å². The zero-order valence-corrected chi connectivity index (χ0v) is 18.1. The minimum atomic E-state index is -4.56. The number of ether oxygens (including phenoxy) is 1. The fourth-order valence-electron chi connectivity index (χ4n) is 3.92. The van der Waals surface area contributed by atoms with E-state index in [2.05, 4.69) is 5.10 Å². The van der Waals surface area contributed by atoms with E-state index in [-0.39, 0.29) is 23.6 Å². The lowest BCUT2D eigenvalue weighted by Gasteiger charge is -2.11. The molecule has 1 heterocycles. The van der Waals surface area contributed by atoms with Crippen molar-refractivity contribution in [3.63, 3.8) is 0 Å². The summed E-state index contributed by atoms with van der Waals surface area (Å²) in [6.07, 6.45) is -4.56. The molecule has 5 rings (SSSR count). The number of aromatic nitrogens is 2. The zero-order valence-electron chi connectivity index (χ0n) is 18.1. The Bertz CT molecular complexity index is 1490. The second-order valence-corrected chi connectivity index (χ2v) is 7.89. The lowest BCUT2D eigenvalue weighted by Crippen LogP contribution is -2.06. The monoisotopic (exact) mass is 480 g/mol. The highest BCUT2D eigenvalue weighted by Gasteiger charge is 2.34. The summed E-state index contributed by atoms with van der Waals surface area (Å²) in [6.45, 7) is 0.259. The van der Waals surface area contributed by atoms with Crippen molar-refractivity contribution in [1.82, 2.24) is 9.78 Å². The van der Waals surface area contributed by atoms with Gasteiger partial charge in [-0.15, -0.1) is 0 Å². The van der Waals surface area contributed by atoms with Gasteiger partial charge in [-0.05, 0) is 48.0 Å². The number of halogens is 5. The van der Waals surface area contributed by atoms with Gasteiger partial charge in [0.2, 0.25) is 0 Å². The number of nitrogens with zero attached hydrogens (tertiary/aromatic N) is 2. The Morgan fingerprint density at radius 1 is 0.800 bits per heavy atom. The summed E-state index contributed by atoms with van der Waals surface area (Å²) in [4.78, 5) is 0. The van der Waals surface area contributed by atoms with Crippen molar-refractivity contribution in [1.29, 1.82) is 0 Å². The molecule has 0 saturated carbocycles. The average molecular weight is 480 g/mol. The highest BCUT2D eigenvalue weighted by Crippen LogP contribution is 2.38. The molecule has 0 spiro atoms. The number of rotatable bonds is 5. The Morgan fingerprint density at radius 2 is 1.54 bits per heavy atom. The van der Waals surface area contributed by atoms with Gasteiger partial charge in [0.1, 0.15) is 17.1 Å². The highest BCUT2D eigenvalue weighted by molar-refractivity contribution is 5.95. The molecule has 176 valence electrons. The molecule has 5 aromatic rings. The van der Waals surface area contributed by atoms with Crippen LogP contribution in [0.2, 0.25) is 0 Å². The maximum atomic E-state index is 13.9. The lowest BCUT2D eigenvalue weighted by atomic mass is 10.0. The van der Waals surface area contributed by atoms with Crippen LogP contribution in [0.15, 0.2) is 91.0 Å². The molecule has 0 N–H and O–H groups in total. The van der Waals surface area contributed by atoms with Crippen LogP contribution in [0, 0.1) is 11.6 Å². The van der Waals surface area contributed by atoms with Gasteiger partial charge >= 0.3 is 6.18 Å². The molecule has 4 aromatic carbocycles. The molecule has 0 bridgehead atoms. The van der Waals surface area contributed by atoms with Crippen molar-refractivity contribution in [2.75, 3.05) is 0 Å². The Morgan fingerprint density at radius 3 is 2.26 bits per heavy atom. The van der Waals surface area contributed by atoms with E-state index >= 15 is 0 Å². The van der Waals surface area contributed by atoms with Gasteiger partial charge in [0.25, 0.3) is 0 Å². The first kappa shape index (κ1) is 22.6. The van der Waals surface area contributed by atoms with Crippen LogP contribution in [0.3, 0.4) is 0 Å². The van der Waals surface area contributed by atoms with E-state index in [0.29, 0.717) is 16.6 Å². The van der Waals surface area contributed by atoms with Crippen LogP contribution in [0.25, 0.3) is 22.2 Å². The number of benzene rings is 4. The topological polar surface area (TPSA) is 27.1 Å². The lowest BCUT2D eigenvalue weighted by molar-refractivity contribution is -0.136. The van der Waals surface area contributed by atoms with Gasteiger partial charge in [-0.3, -0.25) is 4.68 Å². The molecular formula is C27H17F5N2O. The van der Waals surface area contributed by atoms with Gasteiger partial charge in [-0.2, -0.15) is 18.3 Å². The Balaban J connectivity index is 1.59. The van der Waals surface area contributed by atoms with E-state index in [1.807, 2.05) is 30.3 Å². The van der Waals surface area contributed by atoms with Crippen LogP contribution in [-0.4, -0.2) is 9.78 Å². The third-order valence-corrected chi connectivity index (χ3v) is 5.50. The minimum Gasteiger partial charge on any atom is -0.454 e. The van der Waals surface area contributed by atoms with E-state index in [9.17, 15) is 22.0 Å². The first-order valence-electron chi connectivity index (χ1n) is 10.6. The third-order valence-electron chi connectivity index (χ3n) is 5.50. The van der Waals surface area contributed by atoms with Crippen LogP contribution in [-0.2, 0) is 12.7 Å². The van der Waals surface area contributed by atoms with Gasteiger partial charge in [-0.1, -0.05) is 42.5 Å². The van der Waals surface area contributed by atoms with Gasteiger partial charge in [-0.25, -0.2) is 8.78 Å². The van der Waals surface area contributed by atoms with Crippen LogP contribution in [0.1, 0.15) is 11.1 Å². The van der Waals surface area contributed by atoms with Crippen LogP contribution >= 0.6 is 0 Å². The molecule has 1 aromatic heterocycles. The summed E-state index contributed by atoms with van der Waals surface area (Å²) < 4.78 is 75.4. The number of fused-ring (bicyclic) bond motifs is 1. The second kappa shape index (κ2) is 8.87. The molecule has 0 aliphatic carbocycles. The average Bonchev–Trinajstić information content (AvgIpc) is 3.19. The van der Waals surface area contributed by atoms with E-state index in [1.54, 1.807) is 30.3 Å². The molecule has 0 fully saturated rings. The van der Waals surface area contributed by atoms with Crippen molar-refractivity contribution in [3.8, 4) is 22.8 Å². The molecule has 3 nitrogen and oxygen atoms in total. The van der Waals surface area contributed by atoms with Crippen LogP contribution in [0.5, 0.6) is 11.5 Å². The summed E-state index contributed by atoms with van der Waals surface area (Å²) in [7, 11) is 0. The van der Waals surface area contributed by atoms with Crippen molar-refractivity contribution in [2.45, 2.75) is 12.7 Å². The number of alkyl halides is 3. The molecule has 0 atom stereocenters. The van der Waals surface area contributed by atoms with E-state index in [4.69, 9.17) is 4.74 Å². The number of hydrogen-bond acceptors (Lipinski definition) is 2. The normalized spacial score (nSPS) is 11.7. The molecule has 35 heavy (non-hydrogen) atoms. The fraction of sp³-hybridized carbons (Fsp3) is 0.0741. The van der Waals surface area contributed by atoms with Crippen molar-refractivity contribution in [2.24, 2.45) is 0 Å². The first-order valence-corrected chi connectivity index (χ1v) is 10.6. The summed E-state index contributed by atoms with van der Waals surface area (Å²) in [5, 5.41) is 4.68. The third kappa shape index (κ3) is 4.59. The van der Waals surface area contributed by atoms with Gasteiger partial charge in [0.05, 0.1) is 17.8 Å². The first-order chi connectivity index (χ1) is 16.8. The van der Waals surface area contributed by atoms with Gasteiger partial charge in [0.15, 0.2) is 11.6 Å². The summed E-state index contributed by atoms with van der Waals surface area (Å²) in [5.41, 5.74) is 1.00. The van der Waals surface area contributed by atoms with Crippen molar-refractivity contribution < 1.29 is 26.7 Å². The van der Waals surface area contributed by atoms with E-state index < -0.39 is 23.4 Å². The van der Waals surface area contributed by atoms with Gasteiger partial charge < -0.3 is 4.74 Å². The highest BCUT2D eigenvalue weighted by atomic mass is 19.4. The summed E-state index contributed by atoms with van der Waals surface area (Å²) >= 11 is 0. The largest absolute Gasteiger partial charge is 0.454 e. The van der Waals surface area contributed by atoms with Crippen molar-refractivity contribution >= 4 is 10.9 Å². The zero-order chi connectivity index (χ0) is 24.6. The van der Waals surface area contributed by atoms with Crippen LogP contribution < -0.4 is 4.74 Å². The predicted molar refractivity (Wildman–Crippen MR) is 122 cm³/mol. The Kier molecular flexibility index (Phi) is 5.72.